The number of aryl methyl sites for hydroxylation is 1. The minimum atomic E-state index is -1.44. The molecular formula is C20H25NO10. The van der Waals surface area contributed by atoms with Crippen LogP contribution in [0.1, 0.15) is 19.4 Å². The summed E-state index contributed by atoms with van der Waals surface area (Å²) < 4.78 is 32.5. The maximum atomic E-state index is 11.9. The van der Waals surface area contributed by atoms with Crippen LogP contribution in [-0.2, 0) is 14.2 Å². The van der Waals surface area contributed by atoms with Gasteiger partial charge in [0.25, 0.3) is 0 Å². The smallest absolute Gasteiger partial charge is 0.404 e. The standard InChI is InChI=1S/C20H25NO10/c1-8-10(7-6-9-13(8)29-17(24)11(22)14(9)26-4)28-18-12(23)15(30-19(21)25)16(27-5)20(2,3)31-18/h6-7,12,15-16,18,22-23H,1-5H3,(H2,21,25)/t12-,15+,16-,18-/m1/s1. The number of primary amides is 1. The lowest BCUT2D eigenvalue weighted by Gasteiger charge is -2.47. The Hall–Kier alpha value is -3.02. The van der Waals surface area contributed by atoms with Gasteiger partial charge in [-0.05, 0) is 32.9 Å². The number of aliphatic hydroxyl groups excluding tert-OH is 1. The Balaban J connectivity index is 2.01. The maximum absolute atomic E-state index is 11.9. The molecule has 1 amide bonds. The van der Waals surface area contributed by atoms with Gasteiger partial charge in [-0.15, -0.1) is 0 Å². The molecule has 0 bridgehead atoms. The van der Waals surface area contributed by atoms with E-state index in [2.05, 4.69) is 0 Å². The molecule has 1 aromatic heterocycles. The number of hydrogen-bond acceptors (Lipinski definition) is 10. The van der Waals surface area contributed by atoms with Gasteiger partial charge < -0.3 is 44.0 Å². The van der Waals surface area contributed by atoms with Gasteiger partial charge in [-0.2, -0.15) is 0 Å². The van der Waals surface area contributed by atoms with Gasteiger partial charge >= 0.3 is 11.7 Å². The number of fused-ring (bicyclic) bond motifs is 1. The Morgan fingerprint density at radius 1 is 1.26 bits per heavy atom. The molecule has 2 aromatic rings. The first-order valence-electron chi connectivity index (χ1n) is 9.36. The molecule has 1 aromatic carbocycles. The minimum Gasteiger partial charge on any atom is -0.499 e. The van der Waals surface area contributed by atoms with Gasteiger partial charge in [0.1, 0.15) is 17.4 Å². The molecule has 11 heteroatoms. The molecule has 0 aliphatic carbocycles. The maximum Gasteiger partial charge on any atom is 0.404 e. The highest BCUT2D eigenvalue weighted by Gasteiger charge is 2.53. The molecule has 2 heterocycles. The third-order valence-corrected chi connectivity index (χ3v) is 5.18. The van der Waals surface area contributed by atoms with Crippen LogP contribution in [0.2, 0.25) is 0 Å². The fraction of sp³-hybridized carbons (Fsp3) is 0.500. The lowest BCUT2D eigenvalue weighted by Crippen LogP contribution is -2.65. The van der Waals surface area contributed by atoms with Crippen LogP contribution in [0.5, 0.6) is 17.2 Å². The molecule has 1 aliphatic heterocycles. The molecule has 3 rings (SSSR count). The lowest BCUT2D eigenvalue weighted by molar-refractivity contribution is -0.304. The second-order valence-electron chi connectivity index (χ2n) is 7.59. The van der Waals surface area contributed by atoms with Crippen molar-refractivity contribution in [1.29, 1.82) is 0 Å². The summed E-state index contributed by atoms with van der Waals surface area (Å²) in [5.74, 6) is -0.460. The first-order valence-corrected chi connectivity index (χ1v) is 9.36. The molecule has 0 saturated carbocycles. The van der Waals surface area contributed by atoms with Crippen molar-refractivity contribution in [2.75, 3.05) is 14.2 Å². The average molecular weight is 439 g/mol. The van der Waals surface area contributed by atoms with E-state index in [0.717, 1.165) is 0 Å². The molecule has 4 N–H and O–H groups in total. The summed E-state index contributed by atoms with van der Waals surface area (Å²) in [6, 6.07) is 3.06. The van der Waals surface area contributed by atoms with E-state index in [1.165, 1.54) is 26.4 Å². The van der Waals surface area contributed by atoms with Crippen LogP contribution in [0.4, 0.5) is 4.79 Å². The van der Waals surface area contributed by atoms with Gasteiger partial charge in [0.05, 0.1) is 18.1 Å². The zero-order valence-corrected chi connectivity index (χ0v) is 17.7. The van der Waals surface area contributed by atoms with Crippen LogP contribution in [0, 0.1) is 6.92 Å². The van der Waals surface area contributed by atoms with E-state index >= 15 is 0 Å². The molecule has 31 heavy (non-hydrogen) atoms. The number of aromatic hydroxyl groups is 1. The number of methoxy groups -OCH3 is 2. The van der Waals surface area contributed by atoms with E-state index < -0.39 is 47.7 Å². The Morgan fingerprint density at radius 2 is 1.94 bits per heavy atom. The van der Waals surface area contributed by atoms with Crippen LogP contribution in [0.3, 0.4) is 0 Å². The number of nitrogens with two attached hydrogens (primary N) is 1. The molecule has 0 radical (unpaired) electrons. The van der Waals surface area contributed by atoms with Gasteiger partial charge in [-0.25, -0.2) is 9.59 Å². The predicted octanol–water partition coefficient (Wildman–Crippen LogP) is 1.17. The fourth-order valence-corrected chi connectivity index (χ4v) is 3.75. The number of benzene rings is 1. The van der Waals surface area contributed by atoms with Crippen LogP contribution in [-0.4, -0.2) is 60.7 Å². The van der Waals surface area contributed by atoms with E-state index in [-0.39, 0.29) is 17.1 Å². The summed E-state index contributed by atoms with van der Waals surface area (Å²) in [5.41, 5.74) is 3.67. The highest BCUT2D eigenvalue weighted by atomic mass is 16.7. The Kier molecular flexibility index (Phi) is 6.03. The second-order valence-corrected chi connectivity index (χ2v) is 7.59. The third-order valence-electron chi connectivity index (χ3n) is 5.18. The van der Waals surface area contributed by atoms with Crippen LogP contribution >= 0.6 is 0 Å². The van der Waals surface area contributed by atoms with E-state index in [4.69, 9.17) is 33.8 Å². The zero-order valence-electron chi connectivity index (χ0n) is 17.7. The second kappa shape index (κ2) is 8.25. The summed E-state index contributed by atoms with van der Waals surface area (Å²) in [6.07, 6.45) is -5.78. The van der Waals surface area contributed by atoms with Crippen molar-refractivity contribution < 1.29 is 43.1 Å². The van der Waals surface area contributed by atoms with Gasteiger partial charge in [0, 0.05) is 12.7 Å². The molecule has 1 aliphatic rings. The van der Waals surface area contributed by atoms with Crippen molar-refractivity contribution >= 4 is 17.1 Å². The third kappa shape index (κ3) is 3.99. The summed E-state index contributed by atoms with van der Waals surface area (Å²) in [6.45, 7) is 4.98. The number of aliphatic hydroxyl groups is 1. The number of amides is 1. The minimum absolute atomic E-state index is 0.0335. The topological polar surface area (TPSA) is 160 Å². The largest absolute Gasteiger partial charge is 0.499 e. The van der Waals surface area contributed by atoms with Crippen molar-refractivity contribution in [2.45, 2.75) is 51.0 Å². The monoisotopic (exact) mass is 439 g/mol. The number of carbonyl (C=O) groups is 1. The van der Waals surface area contributed by atoms with Crippen LogP contribution < -0.4 is 20.8 Å². The van der Waals surface area contributed by atoms with E-state index in [0.29, 0.717) is 10.9 Å². The molecule has 1 saturated heterocycles. The summed E-state index contributed by atoms with van der Waals surface area (Å²) in [4.78, 5) is 23.3. The Bertz CT molecular complexity index is 1050. The van der Waals surface area contributed by atoms with Gasteiger partial charge in [0.2, 0.25) is 12.0 Å². The molecule has 4 atom stereocenters. The van der Waals surface area contributed by atoms with E-state index in [1.807, 2.05) is 0 Å². The number of hydrogen-bond donors (Lipinski definition) is 3. The summed E-state index contributed by atoms with van der Waals surface area (Å²) >= 11 is 0. The predicted molar refractivity (Wildman–Crippen MR) is 106 cm³/mol. The average Bonchev–Trinajstić information content (AvgIpc) is 2.69. The normalized spacial score (nSPS) is 25.2. The van der Waals surface area contributed by atoms with Crippen molar-refractivity contribution in [3.63, 3.8) is 0 Å². The highest BCUT2D eigenvalue weighted by molar-refractivity contribution is 5.89. The molecular weight excluding hydrogens is 414 g/mol. The van der Waals surface area contributed by atoms with Crippen molar-refractivity contribution in [3.05, 3.63) is 28.1 Å². The lowest BCUT2D eigenvalue weighted by atomic mass is 9.89. The first kappa shape index (κ1) is 22.7. The van der Waals surface area contributed by atoms with Crippen LogP contribution in [0.15, 0.2) is 21.3 Å². The first-order chi connectivity index (χ1) is 14.5. The van der Waals surface area contributed by atoms with Crippen LogP contribution in [0.25, 0.3) is 11.0 Å². The molecule has 11 nitrogen and oxygen atoms in total. The van der Waals surface area contributed by atoms with E-state index in [1.54, 1.807) is 20.8 Å². The number of ether oxygens (including phenoxy) is 5. The quantitative estimate of drug-likeness (QED) is 0.577. The molecule has 0 spiro atoms. The van der Waals surface area contributed by atoms with Crippen molar-refractivity contribution in [2.24, 2.45) is 5.73 Å². The van der Waals surface area contributed by atoms with E-state index in [9.17, 15) is 19.8 Å². The highest BCUT2D eigenvalue weighted by Crippen LogP contribution is 2.38. The molecule has 0 unspecified atom stereocenters. The molecule has 1 fully saturated rings. The van der Waals surface area contributed by atoms with Crippen molar-refractivity contribution in [3.8, 4) is 17.2 Å². The van der Waals surface area contributed by atoms with Gasteiger partial charge in [-0.1, -0.05) is 0 Å². The fourth-order valence-electron chi connectivity index (χ4n) is 3.75. The van der Waals surface area contributed by atoms with Crippen molar-refractivity contribution in [1.82, 2.24) is 0 Å². The summed E-state index contributed by atoms with van der Waals surface area (Å²) in [7, 11) is 2.70. The van der Waals surface area contributed by atoms with Gasteiger partial charge in [-0.3, -0.25) is 0 Å². The zero-order chi connectivity index (χ0) is 23.1. The summed E-state index contributed by atoms with van der Waals surface area (Å²) in [5, 5.41) is 21.0. The molecule has 170 valence electrons. The SMILES string of the molecule is COc1c(O)c(=O)oc2c(C)c(O[C@@H]3OC(C)(C)[C@H](OC)[C@@H](OC(N)=O)[C@H]3O)ccc12. The Morgan fingerprint density at radius 3 is 2.52 bits per heavy atom. The number of carbonyl (C=O) groups excluding carboxylic acids is 1. The van der Waals surface area contributed by atoms with Gasteiger partial charge in [0.15, 0.2) is 18.0 Å². The Labute approximate surface area is 177 Å². The number of rotatable bonds is 5.